The van der Waals surface area contributed by atoms with Crippen molar-refractivity contribution in [1.82, 2.24) is 14.8 Å². The van der Waals surface area contributed by atoms with Gasteiger partial charge in [-0.25, -0.2) is 13.6 Å². The molecule has 1 aliphatic heterocycles. The second kappa shape index (κ2) is 9.59. The van der Waals surface area contributed by atoms with Gasteiger partial charge < -0.3 is 14.8 Å². The van der Waals surface area contributed by atoms with E-state index in [4.69, 9.17) is 4.74 Å². The Bertz CT molecular complexity index is 1240. The van der Waals surface area contributed by atoms with Crippen LogP contribution in [0.15, 0.2) is 36.5 Å². The molecule has 0 spiro atoms. The third kappa shape index (κ3) is 4.77. The number of carbonyl (C=O) groups is 1. The molecule has 1 saturated carbocycles. The number of aromatic amines is 1. The van der Waals surface area contributed by atoms with Crippen LogP contribution in [0.5, 0.6) is 5.75 Å². The predicted molar refractivity (Wildman–Crippen MR) is 131 cm³/mol. The van der Waals surface area contributed by atoms with Crippen LogP contribution in [0.1, 0.15) is 57.4 Å². The first-order valence-corrected chi connectivity index (χ1v) is 12.1. The topological polar surface area (TPSA) is 68.8 Å². The number of H-pyrrole nitrogens is 1. The standard InChI is InChI=1S/C27H31F2N3O3/c1-16-11-24(35-2)22(19-7-8-30-26(16)19)13-32-10-9-31(15-25(28)29)14-23(32)18-5-6-20(27(33)34)21(12-18)17-3-4-17/h5-8,11-12,17,23,25,30H,3-4,9-10,13-15H2,1-2H3,(H,33,34)/t23-/m1/s1. The van der Waals surface area contributed by atoms with Crippen LogP contribution >= 0.6 is 0 Å². The number of nitrogens with one attached hydrogen (secondary N) is 1. The monoisotopic (exact) mass is 483 g/mol. The number of hydrogen-bond acceptors (Lipinski definition) is 4. The Morgan fingerprint density at radius 3 is 2.71 bits per heavy atom. The van der Waals surface area contributed by atoms with Gasteiger partial charge in [0.15, 0.2) is 0 Å². The second-order valence-electron chi connectivity index (χ2n) is 9.70. The van der Waals surface area contributed by atoms with Crippen molar-refractivity contribution in [3.8, 4) is 5.75 Å². The van der Waals surface area contributed by atoms with Crippen LogP contribution in [-0.4, -0.2) is 65.6 Å². The largest absolute Gasteiger partial charge is 0.496 e. The lowest BCUT2D eigenvalue weighted by Crippen LogP contribution is -2.49. The van der Waals surface area contributed by atoms with Crippen LogP contribution in [0.25, 0.3) is 10.9 Å². The molecule has 1 saturated heterocycles. The van der Waals surface area contributed by atoms with Gasteiger partial charge in [-0.2, -0.15) is 0 Å². The van der Waals surface area contributed by atoms with Gasteiger partial charge in [0.1, 0.15) is 5.75 Å². The summed E-state index contributed by atoms with van der Waals surface area (Å²) < 4.78 is 32.2. The summed E-state index contributed by atoms with van der Waals surface area (Å²) in [4.78, 5) is 19.2. The van der Waals surface area contributed by atoms with Crippen molar-refractivity contribution < 1.29 is 23.4 Å². The quantitative estimate of drug-likeness (QED) is 0.462. The first kappa shape index (κ1) is 23.8. The maximum Gasteiger partial charge on any atom is 0.335 e. The van der Waals surface area contributed by atoms with Crippen LogP contribution < -0.4 is 4.74 Å². The summed E-state index contributed by atoms with van der Waals surface area (Å²) >= 11 is 0. The molecule has 2 fully saturated rings. The minimum absolute atomic E-state index is 0.136. The highest BCUT2D eigenvalue weighted by atomic mass is 19.3. The van der Waals surface area contributed by atoms with Crippen molar-refractivity contribution in [2.24, 2.45) is 0 Å². The van der Waals surface area contributed by atoms with Gasteiger partial charge in [0.25, 0.3) is 6.43 Å². The van der Waals surface area contributed by atoms with Gasteiger partial charge in [-0.05, 0) is 60.6 Å². The number of benzene rings is 2. The predicted octanol–water partition coefficient (Wildman–Crippen LogP) is 5.18. The summed E-state index contributed by atoms with van der Waals surface area (Å²) in [5.74, 6) is 0.160. The highest BCUT2D eigenvalue weighted by Gasteiger charge is 2.33. The summed E-state index contributed by atoms with van der Waals surface area (Å²) in [6.45, 7) is 4.02. The lowest BCUT2D eigenvalue weighted by molar-refractivity contribution is 0.0245. The summed E-state index contributed by atoms with van der Waals surface area (Å²) in [6, 6.07) is 9.49. The van der Waals surface area contributed by atoms with E-state index in [2.05, 4.69) is 16.0 Å². The highest BCUT2D eigenvalue weighted by Crippen LogP contribution is 2.43. The molecule has 2 aromatic carbocycles. The molecule has 0 bridgehead atoms. The zero-order valence-electron chi connectivity index (χ0n) is 20.1. The molecule has 0 radical (unpaired) electrons. The Morgan fingerprint density at radius 2 is 2.03 bits per heavy atom. The lowest BCUT2D eigenvalue weighted by Gasteiger charge is -2.42. The summed E-state index contributed by atoms with van der Waals surface area (Å²) in [5, 5.41) is 10.8. The maximum absolute atomic E-state index is 13.2. The van der Waals surface area contributed by atoms with E-state index in [1.165, 1.54) is 0 Å². The van der Waals surface area contributed by atoms with Gasteiger partial charge in [0, 0.05) is 54.9 Å². The Morgan fingerprint density at radius 1 is 1.23 bits per heavy atom. The first-order valence-electron chi connectivity index (χ1n) is 12.1. The molecule has 2 heterocycles. The third-order valence-corrected chi connectivity index (χ3v) is 7.37. The summed E-state index contributed by atoms with van der Waals surface area (Å²) in [5.41, 5.74) is 5.41. The fraction of sp³-hybridized carbons (Fsp3) is 0.444. The van der Waals surface area contributed by atoms with Crippen molar-refractivity contribution in [3.63, 3.8) is 0 Å². The minimum atomic E-state index is -2.39. The highest BCUT2D eigenvalue weighted by molar-refractivity contribution is 5.90. The van der Waals surface area contributed by atoms with Crippen LogP contribution in [0, 0.1) is 6.92 Å². The number of fused-ring (bicyclic) bond motifs is 1. The minimum Gasteiger partial charge on any atom is -0.496 e. The smallest absolute Gasteiger partial charge is 0.335 e. The number of carboxylic acid groups (broad SMARTS) is 1. The molecule has 35 heavy (non-hydrogen) atoms. The van der Waals surface area contributed by atoms with E-state index in [1.54, 1.807) is 13.2 Å². The Kier molecular flexibility index (Phi) is 6.51. The van der Waals surface area contributed by atoms with E-state index < -0.39 is 12.4 Å². The van der Waals surface area contributed by atoms with Crippen LogP contribution in [0.3, 0.4) is 0 Å². The van der Waals surface area contributed by atoms with Crippen LogP contribution in [-0.2, 0) is 6.54 Å². The number of aromatic nitrogens is 1. The number of carboxylic acids is 1. The van der Waals surface area contributed by atoms with E-state index in [1.807, 2.05) is 36.2 Å². The van der Waals surface area contributed by atoms with Crippen molar-refractivity contribution in [2.75, 3.05) is 33.3 Å². The molecule has 2 aliphatic rings. The number of aryl methyl sites for hydroxylation is 1. The molecular formula is C27H31F2N3O3. The molecule has 8 heteroatoms. The van der Waals surface area contributed by atoms with Crippen molar-refractivity contribution in [1.29, 1.82) is 0 Å². The number of halogens is 2. The van der Waals surface area contributed by atoms with Crippen molar-refractivity contribution >= 4 is 16.9 Å². The molecule has 0 amide bonds. The molecule has 1 aromatic heterocycles. The Labute approximate surface area is 203 Å². The van der Waals surface area contributed by atoms with Gasteiger partial charge in [-0.15, -0.1) is 0 Å². The summed E-state index contributed by atoms with van der Waals surface area (Å²) in [7, 11) is 1.67. The fourth-order valence-electron chi connectivity index (χ4n) is 5.44. The number of rotatable bonds is 8. The average molecular weight is 484 g/mol. The molecule has 3 aromatic rings. The van der Waals surface area contributed by atoms with Gasteiger partial charge in [0.05, 0.1) is 19.2 Å². The van der Waals surface area contributed by atoms with E-state index in [-0.39, 0.29) is 18.5 Å². The fourth-order valence-corrected chi connectivity index (χ4v) is 5.44. The average Bonchev–Trinajstić information content (AvgIpc) is 3.56. The number of aromatic carboxylic acids is 1. The Hall–Kier alpha value is -2.97. The number of nitrogens with zero attached hydrogens (tertiary/aromatic N) is 2. The zero-order valence-corrected chi connectivity index (χ0v) is 20.1. The van der Waals surface area contributed by atoms with Gasteiger partial charge >= 0.3 is 5.97 Å². The molecule has 186 valence electrons. The van der Waals surface area contributed by atoms with E-state index in [0.717, 1.165) is 51.7 Å². The summed E-state index contributed by atoms with van der Waals surface area (Å²) in [6.07, 6.45) is 1.50. The van der Waals surface area contributed by atoms with Crippen molar-refractivity contribution in [2.45, 2.75) is 44.7 Å². The van der Waals surface area contributed by atoms with Crippen LogP contribution in [0.2, 0.25) is 0 Å². The SMILES string of the molecule is COc1cc(C)c2[nH]ccc2c1CN1CCN(CC(F)F)C[C@@H]1c1ccc(C(=O)O)c(C2CC2)c1. The van der Waals surface area contributed by atoms with Gasteiger partial charge in [0.2, 0.25) is 0 Å². The first-order chi connectivity index (χ1) is 16.9. The van der Waals surface area contributed by atoms with Crippen molar-refractivity contribution in [3.05, 3.63) is 64.3 Å². The molecule has 6 nitrogen and oxygen atoms in total. The third-order valence-electron chi connectivity index (χ3n) is 7.37. The molecule has 5 rings (SSSR count). The molecule has 0 unspecified atom stereocenters. The Balaban J connectivity index is 1.53. The normalized spacial score (nSPS) is 19.5. The second-order valence-corrected chi connectivity index (χ2v) is 9.70. The zero-order chi connectivity index (χ0) is 24.7. The van der Waals surface area contributed by atoms with E-state index in [9.17, 15) is 18.7 Å². The van der Waals surface area contributed by atoms with Gasteiger partial charge in [-0.1, -0.05) is 12.1 Å². The number of methoxy groups -OCH3 is 1. The number of piperazine rings is 1. The number of alkyl halides is 2. The number of hydrogen-bond donors (Lipinski definition) is 2. The van der Waals surface area contributed by atoms with E-state index in [0.29, 0.717) is 31.7 Å². The van der Waals surface area contributed by atoms with E-state index >= 15 is 0 Å². The number of ether oxygens (including phenoxy) is 1. The van der Waals surface area contributed by atoms with Crippen LogP contribution in [0.4, 0.5) is 8.78 Å². The molecule has 2 N–H and O–H groups in total. The maximum atomic E-state index is 13.2. The van der Waals surface area contributed by atoms with Gasteiger partial charge in [-0.3, -0.25) is 9.80 Å². The molecule has 1 aliphatic carbocycles. The lowest BCUT2D eigenvalue weighted by atomic mass is 9.94. The molecular weight excluding hydrogens is 452 g/mol. The molecule has 1 atom stereocenters.